The third kappa shape index (κ3) is 6.59. The van der Waals surface area contributed by atoms with Crippen LogP contribution in [0.2, 0.25) is 0 Å². The topological polar surface area (TPSA) is 67.4 Å². The van der Waals surface area contributed by atoms with Gasteiger partial charge in [0.25, 0.3) is 0 Å². The highest BCUT2D eigenvalue weighted by molar-refractivity contribution is 5.79. The number of aryl methyl sites for hydroxylation is 1. The molecule has 1 atom stereocenters. The Morgan fingerprint density at radius 3 is 2.70 bits per heavy atom. The molecule has 2 fully saturated rings. The summed E-state index contributed by atoms with van der Waals surface area (Å²) in [5.41, 5.74) is 2.31. The SMILES string of the molecule is CCNC(=NCc1ccc(C)cc1OC1CCOC1)NCC(C)(C)N1CCOCC1. The van der Waals surface area contributed by atoms with E-state index in [-0.39, 0.29) is 11.6 Å². The van der Waals surface area contributed by atoms with E-state index in [9.17, 15) is 0 Å². The highest BCUT2D eigenvalue weighted by atomic mass is 16.5. The van der Waals surface area contributed by atoms with E-state index < -0.39 is 0 Å². The number of nitrogens with one attached hydrogen (secondary N) is 2. The summed E-state index contributed by atoms with van der Waals surface area (Å²) in [6.07, 6.45) is 1.08. The second-order valence-electron chi connectivity index (χ2n) is 8.68. The van der Waals surface area contributed by atoms with Gasteiger partial charge in [0.05, 0.1) is 33.0 Å². The average molecular weight is 419 g/mol. The van der Waals surface area contributed by atoms with E-state index in [1.54, 1.807) is 0 Å². The highest BCUT2D eigenvalue weighted by Gasteiger charge is 2.28. The molecule has 2 aliphatic rings. The molecule has 0 aliphatic carbocycles. The Hall–Kier alpha value is -1.83. The van der Waals surface area contributed by atoms with Crippen LogP contribution in [0.25, 0.3) is 0 Å². The minimum absolute atomic E-state index is 0.0283. The lowest BCUT2D eigenvalue weighted by atomic mass is 10.0. The number of hydrogen-bond acceptors (Lipinski definition) is 5. The molecule has 2 heterocycles. The zero-order chi connectivity index (χ0) is 21.4. The first kappa shape index (κ1) is 22.8. The summed E-state index contributed by atoms with van der Waals surface area (Å²) in [5.74, 6) is 1.74. The van der Waals surface area contributed by atoms with Crippen molar-refractivity contribution in [3.05, 3.63) is 29.3 Å². The fourth-order valence-electron chi connectivity index (χ4n) is 3.77. The molecule has 1 aromatic carbocycles. The Labute approximate surface area is 181 Å². The van der Waals surface area contributed by atoms with Gasteiger partial charge in [-0.1, -0.05) is 12.1 Å². The molecule has 0 aromatic heterocycles. The van der Waals surface area contributed by atoms with Gasteiger partial charge in [0.15, 0.2) is 5.96 Å². The molecule has 2 aliphatic heterocycles. The summed E-state index contributed by atoms with van der Waals surface area (Å²) in [4.78, 5) is 7.31. The normalized spacial score (nSPS) is 20.9. The first-order valence-electron chi connectivity index (χ1n) is 11.2. The van der Waals surface area contributed by atoms with Gasteiger partial charge in [-0.3, -0.25) is 4.90 Å². The molecule has 7 nitrogen and oxygen atoms in total. The van der Waals surface area contributed by atoms with Gasteiger partial charge >= 0.3 is 0 Å². The largest absolute Gasteiger partial charge is 0.488 e. The predicted molar refractivity (Wildman–Crippen MR) is 120 cm³/mol. The standard InChI is InChI=1S/C23H38N4O3/c1-5-24-22(26-17-23(3,4)27-9-12-28-13-10-27)25-15-19-7-6-18(2)14-21(19)30-20-8-11-29-16-20/h6-7,14,20H,5,8-13,15-17H2,1-4H3,(H2,24,25,26). The quantitative estimate of drug-likeness (QED) is 0.499. The van der Waals surface area contributed by atoms with Crippen molar-refractivity contribution < 1.29 is 14.2 Å². The minimum Gasteiger partial charge on any atom is -0.488 e. The van der Waals surface area contributed by atoms with Gasteiger partial charge in [-0.05, 0) is 39.3 Å². The van der Waals surface area contributed by atoms with E-state index >= 15 is 0 Å². The first-order valence-corrected chi connectivity index (χ1v) is 11.2. The maximum atomic E-state index is 6.22. The molecular weight excluding hydrogens is 380 g/mol. The van der Waals surface area contributed by atoms with Gasteiger partial charge in [-0.25, -0.2) is 4.99 Å². The van der Waals surface area contributed by atoms with Crippen LogP contribution in [0.5, 0.6) is 5.75 Å². The Balaban J connectivity index is 1.63. The molecule has 0 bridgehead atoms. The molecule has 0 spiro atoms. The van der Waals surface area contributed by atoms with Crippen LogP contribution >= 0.6 is 0 Å². The predicted octanol–water partition coefficient (Wildman–Crippen LogP) is 2.33. The number of nitrogens with zero attached hydrogens (tertiary/aromatic N) is 2. The molecule has 0 amide bonds. The number of rotatable bonds is 8. The maximum absolute atomic E-state index is 6.22. The van der Waals surface area contributed by atoms with Gasteiger partial charge in [0.1, 0.15) is 11.9 Å². The summed E-state index contributed by atoms with van der Waals surface area (Å²) < 4.78 is 17.2. The lowest BCUT2D eigenvalue weighted by Crippen LogP contribution is -2.56. The van der Waals surface area contributed by atoms with Crippen molar-refractivity contribution in [1.29, 1.82) is 0 Å². The molecule has 1 unspecified atom stereocenters. The van der Waals surface area contributed by atoms with Crippen LogP contribution in [0, 0.1) is 6.92 Å². The monoisotopic (exact) mass is 418 g/mol. The van der Waals surface area contributed by atoms with E-state index in [2.05, 4.69) is 61.4 Å². The molecule has 168 valence electrons. The summed E-state index contributed by atoms with van der Waals surface area (Å²) in [7, 11) is 0. The number of ether oxygens (including phenoxy) is 3. The fourth-order valence-corrected chi connectivity index (χ4v) is 3.77. The van der Waals surface area contributed by atoms with Crippen LogP contribution in [-0.2, 0) is 16.0 Å². The number of benzene rings is 1. The molecule has 7 heteroatoms. The summed E-state index contributed by atoms with van der Waals surface area (Å²) >= 11 is 0. The highest BCUT2D eigenvalue weighted by Crippen LogP contribution is 2.24. The molecule has 1 aromatic rings. The number of aliphatic imine (C=N–C) groups is 1. The number of morpholine rings is 1. The molecule has 2 N–H and O–H groups in total. The maximum Gasteiger partial charge on any atom is 0.191 e. The molecule has 0 saturated carbocycles. The van der Waals surface area contributed by atoms with Crippen molar-refractivity contribution in [3.8, 4) is 5.75 Å². The van der Waals surface area contributed by atoms with Crippen molar-refractivity contribution in [3.63, 3.8) is 0 Å². The van der Waals surface area contributed by atoms with E-state index in [1.807, 2.05) is 0 Å². The van der Waals surface area contributed by atoms with Crippen LogP contribution in [0.4, 0.5) is 0 Å². The molecule has 2 saturated heterocycles. The Morgan fingerprint density at radius 2 is 2.00 bits per heavy atom. The summed E-state index contributed by atoms with van der Waals surface area (Å²) in [6, 6.07) is 6.33. The molecule has 0 radical (unpaired) electrons. The molecule has 3 rings (SSSR count). The second kappa shape index (κ2) is 11.0. The van der Waals surface area contributed by atoms with Crippen molar-refractivity contribution >= 4 is 5.96 Å². The minimum atomic E-state index is 0.0283. The molecular formula is C23H38N4O3. The second-order valence-corrected chi connectivity index (χ2v) is 8.68. The smallest absolute Gasteiger partial charge is 0.191 e. The van der Waals surface area contributed by atoms with Gasteiger partial charge in [0.2, 0.25) is 0 Å². The summed E-state index contributed by atoms with van der Waals surface area (Å²) in [5, 5.41) is 6.90. The lowest BCUT2D eigenvalue weighted by molar-refractivity contribution is -0.00834. The van der Waals surface area contributed by atoms with E-state index in [1.165, 1.54) is 5.56 Å². The van der Waals surface area contributed by atoms with Gasteiger partial charge in [0, 0.05) is 43.7 Å². The van der Waals surface area contributed by atoms with Crippen molar-refractivity contribution in [1.82, 2.24) is 15.5 Å². The Bertz CT molecular complexity index is 696. The fraction of sp³-hybridized carbons (Fsp3) is 0.696. The zero-order valence-electron chi connectivity index (χ0n) is 19.0. The Morgan fingerprint density at radius 1 is 1.20 bits per heavy atom. The Kier molecular flexibility index (Phi) is 8.36. The van der Waals surface area contributed by atoms with Crippen LogP contribution in [-0.4, -0.2) is 75.1 Å². The molecule has 30 heavy (non-hydrogen) atoms. The third-order valence-electron chi connectivity index (χ3n) is 5.71. The number of guanidine groups is 1. The van der Waals surface area contributed by atoms with Crippen molar-refractivity contribution in [2.45, 2.75) is 52.3 Å². The third-order valence-corrected chi connectivity index (χ3v) is 5.71. The first-order chi connectivity index (χ1) is 14.5. The van der Waals surface area contributed by atoms with Crippen LogP contribution < -0.4 is 15.4 Å². The van der Waals surface area contributed by atoms with Crippen molar-refractivity contribution in [2.24, 2.45) is 4.99 Å². The van der Waals surface area contributed by atoms with Crippen LogP contribution in [0.1, 0.15) is 38.3 Å². The van der Waals surface area contributed by atoms with E-state index in [0.29, 0.717) is 13.2 Å². The van der Waals surface area contributed by atoms with Gasteiger partial charge in [-0.15, -0.1) is 0 Å². The zero-order valence-corrected chi connectivity index (χ0v) is 19.0. The van der Waals surface area contributed by atoms with E-state index in [4.69, 9.17) is 19.2 Å². The van der Waals surface area contributed by atoms with Gasteiger partial charge < -0.3 is 24.8 Å². The van der Waals surface area contributed by atoms with Crippen LogP contribution in [0.3, 0.4) is 0 Å². The van der Waals surface area contributed by atoms with Crippen molar-refractivity contribution in [2.75, 3.05) is 52.6 Å². The van der Waals surface area contributed by atoms with Gasteiger partial charge in [-0.2, -0.15) is 0 Å². The average Bonchev–Trinajstić information content (AvgIpc) is 3.25. The lowest BCUT2D eigenvalue weighted by Gasteiger charge is -2.41. The number of hydrogen-bond donors (Lipinski definition) is 2. The summed E-state index contributed by atoms with van der Waals surface area (Å²) in [6.45, 7) is 15.9. The van der Waals surface area contributed by atoms with E-state index in [0.717, 1.165) is 69.7 Å². The van der Waals surface area contributed by atoms with Crippen LogP contribution in [0.15, 0.2) is 23.2 Å².